The second-order valence-electron chi connectivity index (χ2n) is 4.28. The average molecular weight is 275 g/mol. The van der Waals surface area contributed by atoms with E-state index in [0.29, 0.717) is 10.0 Å². The lowest BCUT2D eigenvalue weighted by molar-refractivity contribution is 0.467. The average Bonchev–Trinajstić information content (AvgIpc) is 2.33. The van der Waals surface area contributed by atoms with Gasteiger partial charge in [-0.3, -0.25) is 11.3 Å². The Morgan fingerprint density at radius 1 is 1.29 bits per heavy atom. The Bertz CT molecular complexity index is 342. The van der Waals surface area contributed by atoms with Gasteiger partial charge in [0.05, 0.1) is 10.0 Å². The highest BCUT2D eigenvalue weighted by Gasteiger charge is 2.11. The summed E-state index contributed by atoms with van der Waals surface area (Å²) < 4.78 is 0. The molecule has 0 amide bonds. The highest BCUT2D eigenvalue weighted by molar-refractivity contribution is 6.42. The molecule has 4 heteroatoms. The SMILES string of the molecule is CCCCCC(Cc1cccc(Cl)c1Cl)NN. The number of hydrogen-bond acceptors (Lipinski definition) is 2. The van der Waals surface area contributed by atoms with Gasteiger partial charge in [0.25, 0.3) is 0 Å². The molecule has 0 aromatic heterocycles. The fourth-order valence-electron chi connectivity index (χ4n) is 1.86. The minimum Gasteiger partial charge on any atom is -0.271 e. The van der Waals surface area contributed by atoms with E-state index in [1.165, 1.54) is 19.3 Å². The molecule has 0 fully saturated rings. The zero-order chi connectivity index (χ0) is 12.7. The first-order chi connectivity index (χ1) is 8.19. The number of hydrazine groups is 1. The van der Waals surface area contributed by atoms with Crippen molar-refractivity contribution in [2.75, 3.05) is 0 Å². The number of hydrogen-bond donors (Lipinski definition) is 2. The first kappa shape index (κ1) is 14.8. The molecular weight excluding hydrogens is 255 g/mol. The molecule has 0 saturated heterocycles. The van der Waals surface area contributed by atoms with Crippen LogP contribution < -0.4 is 11.3 Å². The summed E-state index contributed by atoms with van der Waals surface area (Å²) >= 11 is 12.1. The molecule has 96 valence electrons. The van der Waals surface area contributed by atoms with Crippen LogP contribution in [0.15, 0.2) is 18.2 Å². The fraction of sp³-hybridized carbons (Fsp3) is 0.538. The highest BCUT2D eigenvalue weighted by atomic mass is 35.5. The van der Waals surface area contributed by atoms with E-state index >= 15 is 0 Å². The van der Waals surface area contributed by atoms with Crippen molar-refractivity contribution >= 4 is 23.2 Å². The van der Waals surface area contributed by atoms with Gasteiger partial charge in [0.15, 0.2) is 0 Å². The first-order valence-corrected chi connectivity index (χ1v) is 6.83. The first-order valence-electron chi connectivity index (χ1n) is 6.08. The lowest BCUT2D eigenvalue weighted by Gasteiger charge is -2.16. The molecule has 0 aliphatic carbocycles. The molecule has 0 aliphatic rings. The van der Waals surface area contributed by atoms with E-state index in [0.717, 1.165) is 18.4 Å². The van der Waals surface area contributed by atoms with Crippen LogP contribution in [-0.2, 0) is 6.42 Å². The summed E-state index contributed by atoms with van der Waals surface area (Å²) in [5.74, 6) is 5.56. The zero-order valence-electron chi connectivity index (χ0n) is 10.2. The number of unbranched alkanes of at least 4 members (excludes halogenated alkanes) is 2. The third kappa shape index (κ3) is 4.84. The molecule has 1 rings (SSSR count). The minimum absolute atomic E-state index is 0.262. The van der Waals surface area contributed by atoms with Crippen LogP contribution >= 0.6 is 23.2 Å². The van der Waals surface area contributed by atoms with Crippen molar-refractivity contribution in [1.82, 2.24) is 5.43 Å². The van der Waals surface area contributed by atoms with Crippen molar-refractivity contribution in [2.45, 2.75) is 45.1 Å². The Kier molecular flexibility index (Phi) is 6.90. The van der Waals surface area contributed by atoms with Crippen molar-refractivity contribution in [3.05, 3.63) is 33.8 Å². The van der Waals surface area contributed by atoms with Gasteiger partial charge in [0, 0.05) is 6.04 Å². The molecule has 0 spiro atoms. The van der Waals surface area contributed by atoms with Crippen LogP contribution in [0.25, 0.3) is 0 Å². The van der Waals surface area contributed by atoms with Gasteiger partial charge < -0.3 is 0 Å². The Morgan fingerprint density at radius 2 is 2.06 bits per heavy atom. The van der Waals surface area contributed by atoms with Crippen molar-refractivity contribution in [1.29, 1.82) is 0 Å². The normalized spacial score (nSPS) is 12.7. The molecule has 0 saturated carbocycles. The van der Waals surface area contributed by atoms with E-state index in [1.54, 1.807) is 6.07 Å². The van der Waals surface area contributed by atoms with E-state index in [9.17, 15) is 0 Å². The number of halogens is 2. The number of rotatable bonds is 7. The summed E-state index contributed by atoms with van der Waals surface area (Å²) in [5, 5.41) is 1.25. The van der Waals surface area contributed by atoms with E-state index in [4.69, 9.17) is 29.0 Å². The van der Waals surface area contributed by atoms with Crippen LogP contribution in [0.3, 0.4) is 0 Å². The summed E-state index contributed by atoms with van der Waals surface area (Å²) in [6.07, 6.45) is 5.52. The van der Waals surface area contributed by atoms with Crippen molar-refractivity contribution in [3.63, 3.8) is 0 Å². The van der Waals surface area contributed by atoms with E-state index in [-0.39, 0.29) is 6.04 Å². The summed E-state index contributed by atoms with van der Waals surface area (Å²) in [6, 6.07) is 5.98. The maximum atomic E-state index is 6.16. The maximum absolute atomic E-state index is 6.16. The van der Waals surface area contributed by atoms with Crippen LogP contribution in [0, 0.1) is 0 Å². The molecule has 0 radical (unpaired) electrons. The van der Waals surface area contributed by atoms with Crippen molar-refractivity contribution < 1.29 is 0 Å². The second kappa shape index (κ2) is 7.93. The molecule has 1 aromatic rings. The quantitative estimate of drug-likeness (QED) is 0.449. The predicted octanol–water partition coefficient (Wildman–Crippen LogP) is 3.95. The van der Waals surface area contributed by atoms with Crippen molar-refractivity contribution in [2.24, 2.45) is 5.84 Å². The van der Waals surface area contributed by atoms with E-state index in [1.807, 2.05) is 12.1 Å². The zero-order valence-corrected chi connectivity index (χ0v) is 11.7. The summed E-state index contributed by atoms with van der Waals surface area (Å²) in [7, 11) is 0. The monoisotopic (exact) mass is 274 g/mol. The number of nitrogens with one attached hydrogen (secondary N) is 1. The summed E-state index contributed by atoms with van der Waals surface area (Å²) in [5.41, 5.74) is 3.91. The Morgan fingerprint density at radius 3 is 2.71 bits per heavy atom. The Hall–Kier alpha value is -0.280. The largest absolute Gasteiger partial charge is 0.271 e. The summed E-state index contributed by atoms with van der Waals surface area (Å²) in [4.78, 5) is 0. The van der Waals surface area contributed by atoms with Crippen LogP contribution in [0.2, 0.25) is 10.0 Å². The van der Waals surface area contributed by atoms with E-state index < -0.39 is 0 Å². The standard InChI is InChI=1S/C13H20Cl2N2/c1-2-3-4-7-11(17-16)9-10-6-5-8-12(14)13(10)15/h5-6,8,11,17H,2-4,7,9,16H2,1H3. The molecule has 0 heterocycles. The lowest BCUT2D eigenvalue weighted by atomic mass is 10.0. The fourth-order valence-corrected chi connectivity index (χ4v) is 2.25. The molecule has 1 unspecified atom stereocenters. The molecule has 3 N–H and O–H groups in total. The van der Waals surface area contributed by atoms with E-state index in [2.05, 4.69) is 12.3 Å². The number of nitrogens with two attached hydrogens (primary N) is 1. The second-order valence-corrected chi connectivity index (χ2v) is 5.06. The molecular formula is C13H20Cl2N2. The predicted molar refractivity (Wildman–Crippen MR) is 75.4 cm³/mol. The van der Waals surface area contributed by atoms with Gasteiger partial charge in [-0.15, -0.1) is 0 Å². The highest BCUT2D eigenvalue weighted by Crippen LogP contribution is 2.26. The lowest BCUT2D eigenvalue weighted by Crippen LogP contribution is -2.36. The van der Waals surface area contributed by atoms with Gasteiger partial charge in [-0.25, -0.2) is 0 Å². The van der Waals surface area contributed by atoms with Crippen LogP contribution in [0.5, 0.6) is 0 Å². The maximum Gasteiger partial charge on any atom is 0.0624 e. The number of benzene rings is 1. The summed E-state index contributed by atoms with van der Waals surface area (Å²) in [6.45, 7) is 2.19. The molecule has 0 bridgehead atoms. The minimum atomic E-state index is 0.262. The third-order valence-corrected chi connectivity index (χ3v) is 3.75. The third-order valence-electron chi connectivity index (χ3n) is 2.89. The van der Waals surface area contributed by atoms with Crippen molar-refractivity contribution in [3.8, 4) is 0 Å². The van der Waals surface area contributed by atoms with Gasteiger partial charge in [-0.1, -0.05) is 61.5 Å². The van der Waals surface area contributed by atoms with Crippen LogP contribution in [0.1, 0.15) is 38.2 Å². The molecule has 17 heavy (non-hydrogen) atoms. The molecule has 1 aromatic carbocycles. The Labute approximate surface area is 113 Å². The molecule has 0 aliphatic heterocycles. The van der Waals surface area contributed by atoms with Gasteiger partial charge in [0.2, 0.25) is 0 Å². The molecule has 2 nitrogen and oxygen atoms in total. The van der Waals surface area contributed by atoms with Gasteiger partial charge >= 0.3 is 0 Å². The topological polar surface area (TPSA) is 38.0 Å². The Balaban J connectivity index is 2.57. The smallest absolute Gasteiger partial charge is 0.0624 e. The van der Waals surface area contributed by atoms with Gasteiger partial charge in [-0.05, 0) is 24.5 Å². The van der Waals surface area contributed by atoms with Gasteiger partial charge in [-0.2, -0.15) is 0 Å². The van der Waals surface area contributed by atoms with Crippen LogP contribution in [-0.4, -0.2) is 6.04 Å². The molecule has 1 atom stereocenters. The van der Waals surface area contributed by atoms with Gasteiger partial charge in [0.1, 0.15) is 0 Å². The van der Waals surface area contributed by atoms with Crippen LogP contribution in [0.4, 0.5) is 0 Å².